The molecule has 0 saturated heterocycles. The Morgan fingerprint density at radius 1 is 1.12 bits per heavy atom. The van der Waals surface area contributed by atoms with E-state index in [1.54, 1.807) is 0 Å². The van der Waals surface area contributed by atoms with Crippen LogP contribution in [-0.2, 0) is 10.0 Å². The minimum absolute atomic E-state index is 0. The Morgan fingerprint density at radius 3 is 2.17 bits per heavy atom. The van der Waals surface area contributed by atoms with Crippen molar-refractivity contribution in [1.29, 1.82) is 0 Å². The highest BCUT2D eigenvalue weighted by Gasteiger charge is 2.27. The summed E-state index contributed by atoms with van der Waals surface area (Å²) >= 11 is 0. The van der Waals surface area contributed by atoms with Crippen LogP contribution < -0.4 is 4.72 Å². The van der Waals surface area contributed by atoms with E-state index in [9.17, 15) is 17.2 Å². The van der Waals surface area contributed by atoms with E-state index in [0.29, 0.717) is 12.0 Å². The van der Waals surface area contributed by atoms with Gasteiger partial charge in [-0.15, -0.1) is 12.4 Å². The summed E-state index contributed by atoms with van der Waals surface area (Å²) in [7, 11) is -0.0772. The molecule has 1 unspecified atom stereocenters. The molecular formula is C16H25ClF2N2O2S. The molecule has 0 heterocycles. The monoisotopic (exact) mass is 382 g/mol. The van der Waals surface area contributed by atoms with Crippen molar-refractivity contribution in [3.8, 4) is 0 Å². The summed E-state index contributed by atoms with van der Waals surface area (Å²) in [6.45, 7) is 0.234. The summed E-state index contributed by atoms with van der Waals surface area (Å²) in [5, 5.41) is 0. The van der Waals surface area contributed by atoms with Gasteiger partial charge in [0.2, 0.25) is 10.0 Å². The summed E-state index contributed by atoms with van der Waals surface area (Å²) < 4.78 is 53.5. The smallest absolute Gasteiger partial charge is 0.240 e. The standard InChI is InChI=1S/C16H24F2N2O2S.ClH/c1-20(2)16(12-6-4-3-5-7-12)11-19-23(21,22)15-9-13(17)8-14(18)10-15;/h8-10,12,16,19H,3-7,11H2,1-2H3;1H. The molecule has 0 spiro atoms. The third kappa shape index (κ3) is 5.65. The number of rotatable bonds is 6. The summed E-state index contributed by atoms with van der Waals surface area (Å²) in [4.78, 5) is 1.64. The minimum atomic E-state index is -3.93. The molecule has 0 amide bonds. The van der Waals surface area contributed by atoms with Gasteiger partial charge >= 0.3 is 0 Å². The van der Waals surface area contributed by atoms with Crippen LogP contribution >= 0.6 is 12.4 Å². The van der Waals surface area contributed by atoms with Crippen LogP contribution in [0.1, 0.15) is 32.1 Å². The number of nitrogens with one attached hydrogen (secondary N) is 1. The molecule has 138 valence electrons. The molecule has 0 aromatic heterocycles. The number of nitrogens with zero attached hydrogens (tertiary/aromatic N) is 1. The summed E-state index contributed by atoms with van der Waals surface area (Å²) in [5.41, 5.74) is 0. The van der Waals surface area contributed by atoms with Gasteiger partial charge < -0.3 is 4.90 Å². The quantitative estimate of drug-likeness (QED) is 0.822. The lowest BCUT2D eigenvalue weighted by Gasteiger charge is -2.34. The number of benzene rings is 1. The third-order valence-corrected chi connectivity index (χ3v) is 5.89. The Balaban J connectivity index is 0.00000288. The summed E-state index contributed by atoms with van der Waals surface area (Å²) in [5.74, 6) is -1.37. The summed E-state index contributed by atoms with van der Waals surface area (Å²) in [6.07, 6.45) is 5.72. The van der Waals surface area contributed by atoms with Gasteiger partial charge in [-0.25, -0.2) is 21.9 Å². The SMILES string of the molecule is CN(C)C(CNS(=O)(=O)c1cc(F)cc(F)c1)C1CCCCC1.Cl. The summed E-state index contributed by atoms with van der Waals surface area (Å²) in [6, 6.07) is 2.39. The maximum absolute atomic E-state index is 13.2. The Morgan fingerprint density at radius 2 is 1.67 bits per heavy atom. The number of halogens is 3. The van der Waals surface area contributed by atoms with Crippen molar-refractivity contribution in [3.63, 3.8) is 0 Å². The lowest BCUT2D eigenvalue weighted by molar-refractivity contribution is 0.172. The number of likely N-dealkylation sites (N-methyl/N-ethyl adjacent to an activating group) is 1. The minimum Gasteiger partial charge on any atom is -0.305 e. The zero-order valence-corrected chi connectivity index (χ0v) is 15.6. The molecule has 1 aromatic rings. The molecule has 2 rings (SSSR count). The topological polar surface area (TPSA) is 49.4 Å². The van der Waals surface area contributed by atoms with Crippen molar-refractivity contribution in [2.24, 2.45) is 5.92 Å². The van der Waals surface area contributed by atoms with Crippen LogP contribution in [0.25, 0.3) is 0 Å². The van der Waals surface area contributed by atoms with E-state index in [1.807, 2.05) is 19.0 Å². The first-order chi connectivity index (χ1) is 10.8. The van der Waals surface area contributed by atoms with Gasteiger partial charge in [-0.05, 0) is 45.0 Å². The van der Waals surface area contributed by atoms with E-state index in [2.05, 4.69) is 4.72 Å². The van der Waals surface area contributed by atoms with Crippen molar-refractivity contribution in [3.05, 3.63) is 29.8 Å². The third-order valence-electron chi connectivity index (χ3n) is 4.49. The van der Waals surface area contributed by atoms with Crippen LogP contribution in [-0.4, -0.2) is 40.0 Å². The second-order valence-corrected chi connectivity index (χ2v) is 8.15. The van der Waals surface area contributed by atoms with E-state index in [0.717, 1.165) is 37.8 Å². The second kappa shape index (κ2) is 9.08. The number of sulfonamides is 1. The lowest BCUT2D eigenvalue weighted by Crippen LogP contribution is -2.45. The lowest BCUT2D eigenvalue weighted by atomic mass is 9.83. The first-order valence-corrected chi connectivity index (χ1v) is 9.40. The van der Waals surface area contributed by atoms with Crippen molar-refractivity contribution >= 4 is 22.4 Å². The molecule has 8 heteroatoms. The van der Waals surface area contributed by atoms with Gasteiger partial charge in [0.25, 0.3) is 0 Å². The van der Waals surface area contributed by atoms with Gasteiger partial charge in [0.05, 0.1) is 4.90 Å². The molecule has 0 aliphatic heterocycles. The predicted molar refractivity (Wildman–Crippen MR) is 92.8 cm³/mol. The average molecular weight is 383 g/mol. The maximum atomic E-state index is 13.2. The fourth-order valence-corrected chi connectivity index (χ4v) is 4.34. The molecule has 1 N–H and O–H groups in total. The van der Waals surface area contributed by atoms with Crippen LogP contribution in [0.2, 0.25) is 0 Å². The highest BCUT2D eigenvalue weighted by atomic mass is 35.5. The Labute approximate surface area is 149 Å². The predicted octanol–water partition coefficient (Wildman–Crippen LogP) is 3.18. The maximum Gasteiger partial charge on any atom is 0.240 e. The van der Waals surface area contributed by atoms with E-state index in [-0.39, 0.29) is 29.9 Å². The van der Waals surface area contributed by atoms with Crippen LogP contribution in [0.5, 0.6) is 0 Å². The van der Waals surface area contributed by atoms with Gasteiger partial charge in [0.15, 0.2) is 0 Å². The molecule has 1 aliphatic carbocycles. The molecule has 1 aromatic carbocycles. The molecule has 0 bridgehead atoms. The van der Waals surface area contributed by atoms with E-state index in [1.165, 1.54) is 6.42 Å². The highest BCUT2D eigenvalue weighted by molar-refractivity contribution is 7.89. The van der Waals surface area contributed by atoms with Crippen molar-refractivity contribution in [2.45, 2.75) is 43.0 Å². The van der Waals surface area contributed by atoms with Crippen molar-refractivity contribution in [2.75, 3.05) is 20.6 Å². The van der Waals surface area contributed by atoms with Gasteiger partial charge in [-0.2, -0.15) is 0 Å². The van der Waals surface area contributed by atoms with Crippen molar-refractivity contribution in [1.82, 2.24) is 9.62 Å². The van der Waals surface area contributed by atoms with E-state index in [4.69, 9.17) is 0 Å². The first kappa shape index (κ1) is 21.3. The zero-order chi connectivity index (χ0) is 17.0. The highest BCUT2D eigenvalue weighted by Crippen LogP contribution is 2.28. The molecule has 1 atom stereocenters. The average Bonchev–Trinajstić information content (AvgIpc) is 2.47. The fraction of sp³-hybridized carbons (Fsp3) is 0.625. The van der Waals surface area contributed by atoms with E-state index >= 15 is 0 Å². The fourth-order valence-electron chi connectivity index (χ4n) is 3.25. The van der Waals surface area contributed by atoms with Gasteiger partial charge in [0.1, 0.15) is 11.6 Å². The van der Waals surface area contributed by atoms with Crippen LogP contribution in [0.3, 0.4) is 0 Å². The Hall–Kier alpha value is -0.760. The number of hydrogen-bond donors (Lipinski definition) is 1. The van der Waals surface area contributed by atoms with Gasteiger partial charge in [-0.1, -0.05) is 19.3 Å². The van der Waals surface area contributed by atoms with Crippen LogP contribution in [0.15, 0.2) is 23.1 Å². The number of hydrogen-bond acceptors (Lipinski definition) is 3. The van der Waals surface area contributed by atoms with E-state index < -0.39 is 21.7 Å². The molecular weight excluding hydrogens is 358 g/mol. The van der Waals surface area contributed by atoms with Crippen molar-refractivity contribution < 1.29 is 17.2 Å². The van der Waals surface area contributed by atoms with Crippen LogP contribution in [0.4, 0.5) is 8.78 Å². The van der Waals surface area contributed by atoms with Crippen LogP contribution in [0, 0.1) is 17.6 Å². The molecule has 1 aliphatic rings. The van der Waals surface area contributed by atoms with Gasteiger partial charge in [-0.3, -0.25) is 0 Å². The molecule has 4 nitrogen and oxygen atoms in total. The zero-order valence-electron chi connectivity index (χ0n) is 14.0. The largest absolute Gasteiger partial charge is 0.305 e. The Bertz CT molecular complexity index is 615. The normalized spacial score (nSPS) is 17.5. The molecule has 1 fully saturated rings. The molecule has 1 saturated carbocycles. The molecule has 0 radical (unpaired) electrons. The second-order valence-electron chi connectivity index (χ2n) is 6.39. The van der Waals surface area contributed by atoms with Gasteiger partial charge in [0, 0.05) is 18.7 Å². The first-order valence-electron chi connectivity index (χ1n) is 7.92. The Kier molecular flexibility index (Phi) is 8.05. The molecule has 24 heavy (non-hydrogen) atoms.